The lowest BCUT2D eigenvalue weighted by Crippen LogP contribution is -2.39. The van der Waals surface area contributed by atoms with Crippen LogP contribution in [0.4, 0.5) is 0 Å². The molecule has 6 rings (SSSR count). The third kappa shape index (κ3) is 4.23. The van der Waals surface area contributed by atoms with E-state index < -0.39 is 11.8 Å². The molecule has 2 aromatic rings. The Bertz CT molecular complexity index is 1240. The summed E-state index contributed by atoms with van der Waals surface area (Å²) in [5.41, 5.74) is 4.15. The summed E-state index contributed by atoms with van der Waals surface area (Å²) in [6, 6.07) is 15.9. The molecule has 36 heavy (non-hydrogen) atoms. The maximum absolute atomic E-state index is 13.8. The highest BCUT2D eigenvalue weighted by molar-refractivity contribution is 6.09. The number of ether oxygens (including phenoxy) is 3. The molecule has 3 atom stereocenters. The van der Waals surface area contributed by atoms with Crippen LogP contribution in [0.15, 0.2) is 64.8 Å². The molecule has 1 saturated carbocycles. The maximum atomic E-state index is 13.8. The second kappa shape index (κ2) is 9.57. The number of Topliss-reactive ketones (excluding diaryl/α,β-unsaturated/α-hetero) is 1. The van der Waals surface area contributed by atoms with Gasteiger partial charge >= 0.3 is 5.97 Å². The zero-order valence-corrected chi connectivity index (χ0v) is 20.6. The molecule has 186 valence electrons. The van der Waals surface area contributed by atoms with Gasteiger partial charge in [-0.2, -0.15) is 0 Å². The van der Waals surface area contributed by atoms with E-state index in [4.69, 9.17) is 19.2 Å². The molecule has 0 radical (unpaired) electrons. The molecule has 3 unspecified atom stereocenters. The lowest BCUT2D eigenvalue weighted by Gasteiger charge is -2.37. The summed E-state index contributed by atoms with van der Waals surface area (Å²) in [4.78, 5) is 32.3. The highest BCUT2D eigenvalue weighted by atomic mass is 16.7. The van der Waals surface area contributed by atoms with Gasteiger partial charge in [-0.05, 0) is 68.2 Å². The largest absolute Gasteiger partial charge is 0.462 e. The van der Waals surface area contributed by atoms with E-state index in [2.05, 4.69) is 12.1 Å². The van der Waals surface area contributed by atoms with E-state index >= 15 is 0 Å². The summed E-state index contributed by atoms with van der Waals surface area (Å²) < 4.78 is 17.2. The number of ketones is 1. The summed E-state index contributed by atoms with van der Waals surface area (Å²) in [6.07, 6.45) is 6.16. The first kappa shape index (κ1) is 23.0. The minimum atomic E-state index is -0.636. The molecule has 0 amide bonds. The molecule has 0 spiro atoms. The molecular formula is C30H31NO5. The number of benzene rings is 2. The van der Waals surface area contributed by atoms with Crippen LogP contribution in [0.5, 0.6) is 11.5 Å². The molecule has 0 N–H and O–H groups in total. The lowest BCUT2D eigenvalue weighted by molar-refractivity contribution is -0.153. The topological polar surface area (TPSA) is 74.2 Å². The van der Waals surface area contributed by atoms with Gasteiger partial charge < -0.3 is 14.2 Å². The van der Waals surface area contributed by atoms with E-state index in [0.29, 0.717) is 35.6 Å². The fraction of sp³-hybridized carbons (Fsp3) is 0.433. The quantitative estimate of drug-likeness (QED) is 0.507. The maximum Gasteiger partial charge on any atom is 0.315 e. The van der Waals surface area contributed by atoms with Crippen LogP contribution >= 0.6 is 0 Å². The van der Waals surface area contributed by atoms with Crippen molar-refractivity contribution in [1.82, 2.24) is 0 Å². The number of aliphatic imine (C=N–C) groups is 1. The van der Waals surface area contributed by atoms with Gasteiger partial charge in [-0.3, -0.25) is 14.6 Å². The Hall–Kier alpha value is -3.41. The van der Waals surface area contributed by atoms with Crippen molar-refractivity contribution in [2.24, 2.45) is 10.9 Å². The Morgan fingerprint density at radius 3 is 2.53 bits per heavy atom. The van der Waals surface area contributed by atoms with Crippen molar-refractivity contribution in [3.05, 3.63) is 70.9 Å². The van der Waals surface area contributed by atoms with E-state index in [1.807, 2.05) is 43.3 Å². The fourth-order valence-corrected chi connectivity index (χ4v) is 6.21. The predicted octanol–water partition coefficient (Wildman–Crippen LogP) is 5.87. The highest BCUT2D eigenvalue weighted by Gasteiger charge is 2.45. The monoisotopic (exact) mass is 485 g/mol. The van der Waals surface area contributed by atoms with E-state index in [0.717, 1.165) is 42.5 Å². The van der Waals surface area contributed by atoms with Crippen molar-refractivity contribution in [3.8, 4) is 11.5 Å². The number of hydrogen-bond acceptors (Lipinski definition) is 6. The molecule has 2 aromatic carbocycles. The van der Waals surface area contributed by atoms with E-state index in [9.17, 15) is 9.59 Å². The van der Waals surface area contributed by atoms with Crippen molar-refractivity contribution in [1.29, 1.82) is 0 Å². The van der Waals surface area contributed by atoms with Crippen molar-refractivity contribution >= 4 is 17.5 Å². The van der Waals surface area contributed by atoms with Gasteiger partial charge in [0.05, 0.1) is 0 Å². The predicted molar refractivity (Wildman–Crippen MR) is 135 cm³/mol. The standard InChI is InChI=1S/C30H31NO5/c1-18-27(30(33)36-22-10-6-3-7-11-22)28(20-12-13-25-26(16-20)35-17-34-25)29-23(31-18)14-21(15-24(29)32)19-8-4-2-5-9-19/h2,4-5,8-9,12-13,16,21-22,27-28H,3,6-7,10-11,14-15,17H2,1H3. The van der Waals surface area contributed by atoms with Crippen LogP contribution in [0.1, 0.15) is 74.8 Å². The SMILES string of the molecule is CC1=NC2=C(C(=O)CC(c3ccccc3)C2)C(c2ccc3c(c2)OCO3)C1C(=O)OC1CCCCC1. The number of fused-ring (bicyclic) bond motifs is 1. The summed E-state index contributed by atoms with van der Waals surface area (Å²) in [7, 11) is 0. The van der Waals surface area contributed by atoms with Gasteiger partial charge in [-0.25, -0.2) is 0 Å². The van der Waals surface area contributed by atoms with Gasteiger partial charge in [0.1, 0.15) is 12.0 Å². The van der Waals surface area contributed by atoms with Crippen molar-refractivity contribution in [2.75, 3.05) is 6.79 Å². The zero-order valence-electron chi connectivity index (χ0n) is 20.6. The third-order valence-corrected chi connectivity index (χ3v) is 8.00. The van der Waals surface area contributed by atoms with Crippen LogP contribution in [0.2, 0.25) is 0 Å². The molecule has 1 fully saturated rings. The Morgan fingerprint density at radius 1 is 0.944 bits per heavy atom. The van der Waals surface area contributed by atoms with E-state index in [1.54, 1.807) is 0 Å². The van der Waals surface area contributed by atoms with Crippen LogP contribution in [-0.2, 0) is 14.3 Å². The third-order valence-electron chi connectivity index (χ3n) is 8.00. The Morgan fingerprint density at radius 2 is 1.72 bits per heavy atom. The van der Waals surface area contributed by atoms with Crippen molar-refractivity contribution in [3.63, 3.8) is 0 Å². The number of hydrogen-bond donors (Lipinski definition) is 0. The normalized spacial score (nSPS) is 25.9. The molecular weight excluding hydrogens is 454 g/mol. The second-order valence-corrected chi connectivity index (χ2v) is 10.3. The van der Waals surface area contributed by atoms with Crippen LogP contribution < -0.4 is 9.47 Å². The van der Waals surface area contributed by atoms with Crippen LogP contribution in [0, 0.1) is 5.92 Å². The lowest BCUT2D eigenvalue weighted by atomic mass is 9.69. The van der Waals surface area contributed by atoms with Gasteiger partial charge in [-0.15, -0.1) is 0 Å². The number of esters is 1. The number of allylic oxidation sites excluding steroid dienone is 2. The number of rotatable bonds is 4. The molecule has 2 aliphatic carbocycles. The smallest absolute Gasteiger partial charge is 0.315 e. The summed E-state index contributed by atoms with van der Waals surface area (Å²) >= 11 is 0. The molecule has 0 bridgehead atoms. The van der Waals surface area contributed by atoms with Crippen LogP contribution in [-0.4, -0.2) is 30.4 Å². The van der Waals surface area contributed by atoms with Gasteiger partial charge in [0, 0.05) is 29.3 Å². The Kier molecular flexibility index (Phi) is 6.12. The first-order valence-corrected chi connectivity index (χ1v) is 13.0. The number of nitrogens with zero attached hydrogens (tertiary/aromatic N) is 1. The summed E-state index contributed by atoms with van der Waals surface area (Å²) in [6.45, 7) is 2.07. The fourth-order valence-electron chi connectivity index (χ4n) is 6.21. The first-order valence-electron chi connectivity index (χ1n) is 13.0. The van der Waals surface area contributed by atoms with E-state index in [-0.39, 0.29) is 30.6 Å². The van der Waals surface area contributed by atoms with Gasteiger partial charge in [0.15, 0.2) is 17.3 Å². The molecule has 6 nitrogen and oxygen atoms in total. The highest BCUT2D eigenvalue weighted by Crippen LogP contribution is 2.48. The molecule has 0 aromatic heterocycles. The van der Waals surface area contributed by atoms with Crippen molar-refractivity contribution in [2.45, 2.75) is 69.8 Å². The van der Waals surface area contributed by atoms with Gasteiger partial charge in [0.2, 0.25) is 6.79 Å². The van der Waals surface area contributed by atoms with Gasteiger partial charge in [0.25, 0.3) is 0 Å². The molecule has 0 saturated heterocycles. The second-order valence-electron chi connectivity index (χ2n) is 10.3. The number of carbonyl (C=O) groups is 2. The average Bonchev–Trinajstić information content (AvgIpc) is 3.37. The zero-order chi connectivity index (χ0) is 24.6. The minimum absolute atomic E-state index is 0.0551. The van der Waals surface area contributed by atoms with Crippen LogP contribution in [0.3, 0.4) is 0 Å². The number of carbonyl (C=O) groups excluding carboxylic acids is 2. The molecule has 6 heteroatoms. The Labute approximate surface area is 211 Å². The first-order chi connectivity index (χ1) is 17.6. The molecule has 2 aliphatic heterocycles. The van der Waals surface area contributed by atoms with Gasteiger partial charge in [-0.1, -0.05) is 42.8 Å². The molecule has 4 aliphatic rings. The van der Waals surface area contributed by atoms with Crippen molar-refractivity contribution < 1.29 is 23.8 Å². The van der Waals surface area contributed by atoms with E-state index in [1.165, 1.54) is 6.42 Å². The molecule has 2 heterocycles. The van der Waals surface area contributed by atoms with Crippen LogP contribution in [0.25, 0.3) is 0 Å². The Balaban J connectivity index is 1.39. The summed E-state index contributed by atoms with van der Waals surface area (Å²) in [5.74, 6) is 0.0804. The average molecular weight is 486 g/mol. The summed E-state index contributed by atoms with van der Waals surface area (Å²) in [5, 5.41) is 0. The minimum Gasteiger partial charge on any atom is -0.462 e.